The van der Waals surface area contributed by atoms with Crippen molar-refractivity contribution in [1.82, 2.24) is 20.0 Å². The number of halogens is 2. The fourth-order valence-electron chi connectivity index (χ4n) is 3.33. The van der Waals surface area contributed by atoms with Gasteiger partial charge in [0.25, 0.3) is 0 Å². The van der Waals surface area contributed by atoms with E-state index in [1.165, 1.54) is 18.2 Å². The van der Waals surface area contributed by atoms with Crippen molar-refractivity contribution in [2.24, 2.45) is 4.99 Å². The maximum Gasteiger partial charge on any atom is 0.148 e. The van der Waals surface area contributed by atoms with Crippen LogP contribution in [-0.4, -0.2) is 32.4 Å². The number of hydrogen-bond donors (Lipinski definition) is 1. The molecule has 0 aliphatic carbocycles. The van der Waals surface area contributed by atoms with Crippen molar-refractivity contribution in [1.29, 1.82) is 0 Å². The lowest BCUT2D eigenvalue weighted by molar-refractivity contribution is 0.543. The number of nitrogens with one attached hydrogen (secondary N) is 1. The quantitative estimate of drug-likeness (QED) is 0.748. The summed E-state index contributed by atoms with van der Waals surface area (Å²) in [5.41, 5.74) is 1.94. The molecule has 0 bridgehead atoms. The summed E-state index contributed by atoms with van der Waals surface area (Å²) in [5, 5.41) is 11.3. The lowest BCUT2D eigenvalue weighted by atomic mass is 10.1. The van der Waals surface area contributed by atoms with Gasteiger partial charge in [0.2, 0.25) is 0 Å². The lowest BCUT2D eigenvalue weighted by Crippen LogP contribution is -2.39. The predicted molar refractivity (Wildman–Crippen MR) is 84.3 cm³/mol. The zero-order valence-corrected chi connectivity index (χ0v) is 12.5. The van der Waals surface area contributed by atoms with Gasteiger partial charge < -0.3 is 4.90 Å². The number of aromatic amines is 1. The Morgan fingerprint density at radius 1 is 1.08 bits per heavy atom. The topological polar surface area (TPSA) is 62.1 Å². The number of aromatic nitrogens is 4. The van der Waals surface area contributed by atoms with Crippen LogP contribution in [0.15, 0.2) is 35.6 Å². The molecule has 5 rings (SSSR count). The molecule has 0 atom stereocenters. The average molecular weight is 326 g/mol. The van der Waals surface area contributed by atoms with Gasteiger partial charge >= 0.3 is 0 Å². The number of aliphatic imine (C=N–C) groups is 1. The van der Waals surface area contributed by atoms with Crippen molar-refractivity contribution in [2.75, 3.05) is 11.4 Å². The highest BCUT2D eigenvalue weighted by molar-refractivity contribution is 6.14. The third kappa shape index (κ3) is 1.70. The fraction of sp³-hybridized carbons (Fsp3) is 0.188. The third-order valence-electron chi connectivity index (χ3n) is 4.38. The van der Waals surface area contributed by atoms with E-state index in [4.69, 9.17) is 0 Å². The summed E-state index contributed by atoms with van der Waals surface area (Å²) < 4.78 is 30.6. The smallest absolute Gasteiger partial charge is 0.148 e. The molecule has 2 aliphatic heterocycles. The van der Waals surface area contributed by atoms with E-state index in [-0.39, 0.29) is 11.4 Å². The highest BCUT2D eigenvalue weighted by Crippen LogP contribution is 2.41. The minimum atomic E-state index is -0.640. The molecule has 4 heterocycles. The third-order valence-corrected chi connectivity index (χ3v) is 4.38. The zero-order valence-electron chi connectivity index (χ0n) is 12.5. The van der Waals surface area contributed by atoms with Crippen molar-refractivity contribution in [3.8, 4) is 11.3 Å². The first kappa shape index (κ1) is 13.4. The Morgan fingerprint density at radius 3 is 2.75 bits per heavy atom. The number of amidine groups is 1. The van der Waals surface area contributed by atoms with Crippen LogP contribution in [0.2, 0.25) is 0 Å². The van der Waals surface area contributed by atoms with E-state index in [0.29, 0.717) is 17.9 Å². The number of aryl methyl sites for hydroxylation is 1. The second-order valence-electron chi connectivity index (χ2n) is 5.77. The molecule has 3 aromatic rings. The molecule has 0 amide bonds. The lowest BCUT2D eigenvalue weighted by Gasteiger charge is -2.30. The van der Waals surface area contributed by atoms with Gasteiger partial charge in [0, 0.05) is 13.1 Å². The van der Waals surface area contributed by atoms with Gasteiger partial charge in [-0.3, -0.25) is 5.10 Å². The minimum absolute atomic E-state index is 0.132. The Balaban J connectivity index is 1.84. The van der Waals surface area contributed by atoms with Gasteiger partial charge in [-0.05, 0) is 18.6 Å². The fourth-order valence-corrected chi connectivity index (χ4v) is 3.33. The monoisotopic (exact) mass is 326 g/mol. The second kappa shape index (κ2) is 4.73. The Hall–Kier alpha value is -3.03. The number of rotatable bonds is 1. The molecule has 0 saturated carbocycles. The van der Waals surface area contributed by atoms with Crippen LogP contribution in [0, 0.1) is 11.6 Å². The van der Waals surface area contributed by atoms with Gasteiger partial charge in [-0.15, -0.1) is 0 Å². The summed E-state index contributed by atoms with van der Waals surface area (Å²) in [6.45, 7) is 1.37. The summed E-state index contributed by atoms with van der Waals surface area (Å²) in [6, 6.07) is 3.83. The van der Waals surface area contributed by atoms with Crippen LogP contribution in [0.4, 0.5) is 20.3 Å². The van der Waals surface area contributed by atoms with Gasteiger partial charge in [0.05, 0.1) is 29.2 Å². The molecule has 0 unspecified atom stereocenters. The van der Waals surface area contributed by atoms with Crippen molar-refractivity contribution in [2.45, 2.75) is 13.0 Å². The van der Waals surface area contributed by atoms with Crippen LogP contribution in [0.5, 0.6) is 0 Å². The molecule has 2 aliphatic rings. The number of hydrogen-bond acceptors (Lipinski definition) is 4. The van der Waals surface area contributed by atoms with Gasteiger partial charge in [-0.1, -0.05) is 6.07 Å². The van der Waals surface area contributed by atoms with E-state index >= 15 is 0 Å². The molecule has 0 spiro atoms. The minimum Gasteiger partial charge on any atom is -0.310 e. The highest BCUT2D eigenvalue weighted by Gasteiger charge is 2.33. The highest BCUT2D eigenvalue weighted by atomic mass is 19.1. The molecule has 1 N–H and O–H groups in total. The standard InChI is InChI=1S/C16H12F2N6/c17-10-3-1-4-11(18)13(10)15-21-12-8-19-22-14(12)9-7-20-24-6-2-5-23(15)16(9)24/h1,3-4,7-8H,2,5-6H2,(H,19,22). The summed E-state index contributed by atoms with van der Waals surface area (Å²) >= 11 is 0. The molecule has 2 aromatic heterocycles. The molecule has 8 heteroatoms. The molecule has 0 fully saturated rings. The molecular weight excluding hydrogens is 314 g/mol. The number of H-pyrrole nitrogens is 1. The summed E-state index contributed by atoms with van der Waals surface area (Å²) in [5.74, 6) is -0.253. The maximum absolute atomic E-state index is 14.4. The van der Waals surface area contributed by atoms with Gasteiger partial charge in [0.15, 0.2) is 0 Å². The summed E-state index contributed by atoms with van der Waals surface area (Å²) in [4.78, 5) is 6.37. The number of anilines is 1. The zero-order chi connectivity index (χ0) is 16.3. The van der Waals surface area contributed by atoms with Gasteiger partial charge in [-0.2, -0.15) is 10.2 Å². The molecule has 1 aromatic carbocycles. The maximum atomic E-state index is 14.4. The average Bonchev–Trinajstić information content (AvgIpc) is 3.17. The van der Waals surface area contributed by atoms with Gasteiger partial charge in [-0.25, -0.2) is 18.5 Å². The summed E-state index contributed by atoms with van der Waals surface area (Å²) in [7, 11) is 0. The van der Waals surface area contributed by atoms with Gasteiger partial charge in [0.1, 0.15) is 29.0 Å². The predicted octanol–water partition coefficient (Wildman–Crippen LogP) is 2.85. The van der Waals surface area contributed by atoms with Crippen molar-refractivity contribution in [3.05, 3.63) is 47.8 Å². The van der Waals surface area contributed by atoms with Crippen molar-refractivity contribution < 1.29 is 8.78 Å². The Kier molecular flexibility index (Phi) is 2.64. The van der Waals surface area contributed by atoms with Crippen LogP contribution in [0.1, 0.15) is 12.0 Å². The van der Waals surface area contributed by atoms with Crippen molar-refractivity contribution >= 4 is 17.3 Å². The van der Waals surface area contributed by atoms with Crippen LogP contribution < -0.4 is 4.90 Å². The number of nitrogens with zero attached hydrogens (tertiary/aromatic N) is 5. The first-order valence-corrected chi connectivity index (χ1v) is 7.64. The number of fused-ring (bicyclic) bond motifs is 2. The van der Waals surface area contributed by atoms with E-state index in [1.54, 1.807) is 12.4 Å². The normalized spacial score (nSPS) is 15.6. The Bertz CT molecular complexity index is 966. The molecule has 120 valence electrons. The van der Waals surface area contributed by atoms with Crippen molar-refractivity contribution in [3.63, 3.8) is 0 Å². The molecule has 24 heavy (non-hydrogen) atoms. The van der Waals surface area contributed by atoms with E-state index in [2.05, 4.69) is 20.3 Å². The van der Waals surface area contributed by atoms with Crippen LogP contribution in [0.3, 0.4) is 0 Å². The van der Waals surface area contributed by atoms with E-state index in [0.717, 1.165) is 24.3 Å². The molecule has 0 saturated heterocycles. The largest absolute Gasteiger partial charge is 0.310 e. The van der Waals surface area contributed by atoms with Crippen LogP contribution in [0.25, 0.3) is 11.3 Å². The first-order chi connectivity index (χ1) is 11.7. The molecule has 6 nitrogen and oxygen atoms in total. The number of benzene rings is 1. The first-order valence-electron chi connectivity index (χ1n) is 7.64. The van der Waals surface area contributed by atoms with E-state index in [9.17, 15) is 8.78 Å². The second-order valence-corrected chi connectivity index (χ2v) is 5.77. The van der Waals surface area contributed by atoms with Crippen LogP contribution >= 0.6 is 0 Å². The Labute approximate surface area is 135 Å². The SMILES string of the molecule is Fc1cccc(F)c1C1=Nc2cn[nH]c2-c2cnn3c2N1CCC3. The molecule has 0 radical (unpaired) electrons. The van der Waals surface area contributed by atoms with E-state index < -0.39 is 11.6 Å². The summed E-state index contributed by atoms with van der Waals surface area (Å²) in [6.07, 6.45) is 4.10. The van der Waals surface area contributed by atoms with Crippen LogP contribution in [-0.2, 0) is 6.54 Å². The molecular formula is C16H12F2N6. The Morgan fingerprint density at radius 2 is 1.92 bits per heavy atom. The van der Waals surface area contributed by atoms with E-state index in [1.807, 2.05) is 9.58 Å².